The van der Waals surface area contributed by atoms with Crippen LogP contribution < -0.4 is 10.6 Å². The molecule has 2 N–H and O–H groups in total. The lowest BCUT2D eigenvalue weighted by Gasteiger charge is -2.32. The zero-order valence-corrected chi connectivity index (χ0v) is 18.8. The molecule has 0 aliphatic carbocycles. The molecule has 0 radical (unpaired) electrons. The van der Waals surface area contributed by atoms with E-state index in [1.165, 1.54) is 5.56 Å². The van der Waals surface area contributed by atoms with Crippen LogP contribution in [0.2, 0.25) is 0 Å². The molecule has 2 aromatic rings. The molecule has 0 saturated carbocycles. The van der Waals surface area contributed by atoms with Crippen LogP contribution in [0.15, 0.2) is 22.8 Å². The molecular formula is C17H28IN7S. The molecule has 0 fully saturated rings. The van der Waals surface area contributed by atoms with E-state index in [1.807, 2.05) is 18.4 Å². The van der Waals surface area contributed by atoms with Gasteiger partial charge in [-0.2, -0.15) is 5.10 Å². The second-order valence-electron chi connectivity index (χ2n) is 6.31. The molecule has 3 rings (SSSR count). The number of aryl methyl sites for hydroxylation is 1. The number of thiophene rings is 1. The molecule has 0 bridgehead atoms. The minimum absolute atomic E-state index is 0. The number of hydrogen-bond acceptors (Lipinski definition) is 5. The Bertz CT molecular complexity index is 712. The quantitative estimate of drug-likeness (QED) is 0.369. The smallest absolute Gasteiger partial charge is 0.191 e. The fourth-order valence-electron chi connectivity index (χ4n) is 2.97. The lowest BCUT2D eigenvalue weighted by Crippen LogP contribution is -2.47. The first kappa shape index (κ1) is 21.1. The lowest BCUT2D eigenvalue weighted by atomic mass is 10.1. The van der Waals surface area contributed by atoms with Crippen LogP contribution in [0.4, 0.5) is 0 Å². The van der Waals surface area contributed by atoms with E-state index in [1.54, 1.807) is 15.9 Å². The zero-order valence-electron chi connectivity index (χ0n) is 15.6. The molecule has 26 heavy (non-hydrogen) atoms. The summed E-state index contributed by atoms with van der Waals surface area (Å²) in [6, 6.07) is 2.71. The normalized spacial score (nSPS) is 15.9. The van der Waals surface area contributed by atoms with Gasteiger partial charge in [-0.3, -0.25) is 9.58 Å². The van der Waals surface area contributed by atoms with E-state index in [4.69, 9.17) is 0 Å². The Morgan fingerprint density at radius 3 is 3.00 bits per heavy atom. The molecule has 3 heterocycles. The third-order valence-corrected chi connectivity index (χ3v) is 5.58. The molecule has 1 atom stereocenters. The van der Waals surface area contributed by atoms with E-state index in [-0.39, 0.29) is 24.0 Å². The van der Waals surface area contributed by atoms with Crippen LogP contribution in [0.1, 0.15) is 30.1 Å². The van der Waals surface area contributed by atoms with Crippen molar-refractivity contribution in [2.24, 2.45) is 12.0 Å². The first-order chi connectivity index (χ1) is 12.2. The van der Waals surface area contributed by atoms with Crippen LogP contribution in [0.25, 0.3) is 0 Å². The Morgan fingerprint density at radius 2 is 2.27 bits per heavy atom. The molecule has 144 valence electrons. The Balaban J connectivity index is 0.00000243. The summed E-state index contributed by atoms with van der Waals surface area (Å²) in [6.45, 7) is 8.74. The predicted octanol–water partition coefficient (Wildman–Crippen LogP) is 2.00. The maximum Gasteiger partial charge on any atom is 0.191 e. The highest BCUT2D eigenvalue weighted by atomic mass is 127. The van der Waals surface area contributed by atoms with E-state index >= 15 is 0 Å². The first-order valence-corrected chi connectivity index (χ1v) is 9.69. The predicted molar refractivity (Wildman–Crippen MR) is 117 cm³/mol. The summed E-state index contributed by atoms with van der Waals surface area (Å²) in [6.07, 6.45) is 2.72. The Hall–Kier alpha value is -1.20. The standard InChI is InChI=1S/C17H27N7S.HI/c1-4-18-17(20-10-16-21-12-22-23(16)3)19-9-13(2)24-7-5-15-14(11-24)6-8-25-15;/h6,8,12-13H,4-5,7,9-11H2,1-3H3,(H2,18,19,20);1H. The van der Waals surface area contributed by atoms with Gasteiger partial charge in [0.2, 0.25) is 0 Å². The summed E-state index contributed by atoms with van der Waals surface area (Å²) in [5.74, 6) is 1.68. The van der Waals surface area contributed by atoms with Crippen LogP contribution in [0.5, 0.6) is 0 Å². The van der Waals surface area contributed by atoms with E-state index in [2.05, 4.69) is 55.9 Å². The van der Waals surface area contributed by atoms with Gasteiger partial charge in [-0.25, -0.2) is 9.98 Å². The second kappa shape index (κ2) is 10.2. The first-order valence-electron chi connectivity index (χ1n) is 8.81. The highest BCUT2D eigenvalue weighted by Crippen LogP contribution is 2.24. The Kier molecular flexibility index (Phi) is 8.29. The average molecular weight is 489 g/mol. The van der Waals surface area contributed by atoms with E-state index in [0.29, 0.717) is 12.6 Å². The van der Waals surface area contributed by atoms with Crippen molar-refractivity contribution < 1.29 is 0 Å². The van der Waals surface area contributed by atoms with Crippen LogP contribution in [0, 0.1) is 0 Å². The van der Waals surface area contributed by atoms with Crippen molar-refractivity contribution in [1.29, 1.82) is 0 Å². The average Bonchev–Trinajstić information content (AvgIpc) is 3.25. The number of rotatable bonds is 6. The Labute approximate surface area is 176 Å². The highest BCUT2D eigenvalue weighted by Gasteiger charge is 2.21. The summed E-state index contributed by atoms with van der Waals surface area (Å²) in [5.41, 5.74) is 1.49. The summed E-state index contributed by atoms with van der Waals surface area (Å²) >= 11 is 1.89. The maximum atomic E-state index is 4.62. The summed E-state index contributed by atoms with van der Waals surface area (Å²) in [5, 5.41) is 13.0. The number of fused-ring (bicyclic) bond motifs is 1. The topological polar surface area (TPSA) is 70.4 Å². The van der Waals surface area contributed by atoms with Gasteiger partial charge in [0.15, 0.2) is 5.96 Å². The molecule has 1 aliphatic heterocycles. The third kappa shape index (κ3) is 5.40. The molecule has 0 saturated heterocycles. The van der Waals surface area contributed by atoms with Crippen LogP contribution in [-0.2, 0) is 26.6 Å². The Morgan fingerprint density at radius 1 is 1.42 bits per heavy atom. The number of halogens is 1. The van der Waals surface area contributed by atoms with Crippen LogP contribution in [-0.4, -0.2) is 51.3 Å². The largest absolute Gasteiger partial charge is 0.357 e. The summed E-state index contributed by atoms with van der Waals surface area (Å²) in [4.78, 5) is 12.9. The molecule has 2 aromatic heterocycles. The van der Waals surface area contributed by atoms with Gasteiger partial charge in [0.1, 0.15) is 18.7 Å². The molecule has 7 nitrogen and oxygen atoms in total. The zero-order chi connectivity index (χ0) is 17.6. The van der Waals surface area contributed by atoms with Gasteiger partial charge in [0.05, 0.1) is 0 Å². The van der Waals surface area contributed by atoms with Gasteiger partial charge in [-0.05, 0) is 37.3 Å². The van der Waals surface area contributed by atoms with Crippen molar-refractivity contribution in [1.82, 2.24) is 30.3 Å². The number of aliphatic imine (C=N–C) groups is 1. The van der Waals surface area contributed by atoms with Crippen molar-refractivity contribution >= 4 is 41.3 Å². The van der Waals surface area contributed by atoms with Crippen molar-refractivity contribution in [3.63, 3.8) is 0 Å². The van der Waals surface area contributed by atoms with E-state index in [0.717, 1.165) is 44.4 Å². The molecule has 0 spiro atoms. The van der Waals surface area contributed by atoms with Crippen molar-refractivity contribution in [3.05, 3.63) is 34.0 Å². The minimum atomic E-state index is 0. The summed E-state index contributed by atoms with van der Waals surface area (Å²) in [7, 11) is 1.88. The van der Waals surface area contributed by atoms with Crippen molar-refractivity contribution in [3.8, 4) is 0 Å². The highest BCUT2D eigenvalue weighted by molar-refractivity contribution is 14.0. The van der Waals surface area contributed by atoms with Gasteiger partial charge < -0.3 is 10.6 Å². The number of nitrogens with one attached hydrogen (secondary N) is 2. The molecule has 1 unspecified atom stereocenters. The van der Waals surface area contributed by atoms with Crippen LogP contribution in [0.3, 0.4) is 0 Å². The number of hydrogen-bond donors (Lipinski definition) is 2. The number of aromatic nitrogens is 3. The second-order valence-corrected chi connectivity index (χ2v) is 7.32. The minimum Gasteiger partial charge on any atom is -0.357 e. The van der Waals surface area contributed by atoms with E-state index in [9.17, 15) is 0 Å². The van der Waals surface area contributed by atoms with E-state index < -0.39 is 0 Å². The SMILES string of the molecule is CCNC(=NCc1ncnn1C)NCC(C)N1CCc2sccc2C1.I. The number of guanidine groups is 1. The van der Waals surface area contributed by atoms with Gasteiger partial charge in [-0.15, -0.1) is 35.3 Å². The maximum absolute atomic E-state index is 4.62. The van der Waals surface area contributed by atoms with Gasteiger partial charge in [0, 0.05) is 44.1 Å². The van der Waals surface area contributed by atoms with Gasteiger partial charge in [-0.1, -0.05) is 0 Å². The molecule has 0 amide bonds. The molecule has 9 heteroatoms. The molecule has 0 aromatic carbocycles. The van der Waals surface area contributed by atoms with Crippen molar-refractivity contribution in [2.75, 3.05) is 19.6 Å². The lowest BCUT2D eigenvalue weighted by molar-refractivity contribution is 0.192. The third-order valence-electron chi connectivity index (χ3n) is 4.55. The fraction of sp³-hybridized carbons (Fsp3) is 0.588. The van der Waals surface area contributed by atoms with Crippen LogP contribution >= 0.6 is 35.3 Å². The van der Waals surface area contributed by atoms with Gasteiger partial charge >= 0.3 is 0 Å². The monoisotopic (exact) mass is 489 g/mol. The van der Waals surface area contributed by atoms with Gasteiger partial charge in [0.25, 0.3) is 0 Å². The summed E-state index contributed by atoms with van der Waals surface area (Å²) < 4.78 is 1.75. The molecular weight excluding hydrogens is 461 g/mol. The molecule has 1 aliphatic rings. The fourth-order valence-corrected chi connectivity index (χ4v) is 3.86. The van der Waals surface area contributed by atoms with Crippen molar-refractivity contribution in [2.45, 2.75) is 39.4 Å². The number of nitrogens with zero attached hydrogens (tertiary/aromatic N) is 5.